The zero-order valence-corrected chi connectivity index (χ0v) is 22.7. The van der Waals surface area contributed by atoms with Gasteiger partial charge in [-0.05, 0) is 111 Å². The van der Waals surface area contributed by atoms with E-state index in [1.54, 1.807) is 18.2 Å². The van der Waals surface area contributed by atoms with Gasteiger partial charge in [0.05, 0.1) is 17.7 Å². The van der Waals surface area contributed by atoms with Gasteiger partial charge in [0.2, 0.25) is 0 Å². The smallest absolute Gasteiger partial charge is 0.264 e. The van der Waals surface area contributed by atoms with Crippen LogP contribution in [0.25, 0.3) is 6.08 Å². The van der Waals surface area contributed by atoms with Crippen LogP contribution in [0, 0.1) is 13.0 Å². The summed E-state index contributed by atoms with van der Waals surface area (Å²) < 4.78 is 21.6. The Bertz CT molecular complexity index is 1240. The molecule has 0 aliphatic carbocycles. The van der Waals surface area contributed by atoms with E-state index in [0.29, 0.717) is 21.4 Å². The third-order valence-corrected chi connectivity index (χ3v) is 7.39. The highest BCUT2D eigenvalue weighted by atomic mass is 127. The minimum absolute atomic E-state index is 0.149. The third-order valence-electron chi connectivity index (χ3n) is 4.87. The summed E-state index contributed by atoms with van der Waals surface area (Å²) >= 11 is 5.71. The Labute approximate surface area is 223 Å². The second kappa shape index (κ2) is 11.0. The van der Waals surface area contributed by atoms with Crippen molar-refractivity contribution in [1.29, 1.82) is 0 Å². The number of benzene rings is 3. The first-order chi connectivity index (χ1) is 15.9. The number of carbonyl (C=O) groups is 1. The summed E-state index contributed by atoms with van der Waals surface area (Å²) in [6.07, 6.45) is 2.81. The standard InChI is InChI=1S/C25H19FI2N2O2S/c1-2-15-7-9-18(10-8-15)29-25-30-24(31)22(33-25)13-16-11-20(27)23(21(28)12-16)32-14-17-5-3-4-6-19(17)26/h3-13H,2,14H2,1H3,(H,29,30,31)/b22-13-. The van der Waals surface area contributed by atoms with Crippen LogP contribution in [0.3, 0.4) is 0 Å². The molecule has 4 rings (SSSR count). The number of aryl methyl sites for hydroxylation is 1. The van der Waals surface area contributed by atoms with Gasteiger partial charge in [-0.3, -0.25) is 4.79 Å². The van der Waals surface area contributed by atoms with Crippen LogP contribution in [0.2, 0.25) is 0 Å². The maximum absolute atomic E-state index is 13.9. The molecule has 0 bridgehead atoms. The van der Waals surface area contributed by atoms with Gasteiger partial charge in [0.1, 0.15) is 18.2 Å². The van der Waals surface area contributed by atoms with Crippen molar-refractivity contribution in [2.75, 3.05) is 0 Å². The number of rotatable bonds is 6. The third kappa shape index (κ3) is 6.15. The Balaban J connectivity index is 1.49. The van der Waals surface area contributed by atoms with E-state index >= 15 is 0 Å². The van der Waals surface area contributed by atoms with Crippen LogP contribution in [0.1, 0.15) is 23.6 Å². The van der Waals surface area contributed by atoms with E-state index in [-0.39, 0.29) is 18.3 Å². The molecule has 8 heteroatoms. The number of nitrogens with zero attached hydrogens (tertiary/aromatic N) is 1. The SMILES string of the molecule is CCc1ccc(N=C2NC(=O)/C(=C/c3cc(I)c(OCc4ccccc4F)c(I)c3)S2)cc1. The fraction of sp³-hybridized carbons (Fsp3) is 0.120. The van der Waals surface area contributed by atoms with E-state index in [4.69, 9.17) is 4.74 Å². The zero-order valence-electron chi connectivity index (χ0n) is 17.6. The highest BCUT2D eigenvalue weighted by molar-refractivity contribution is 14.1. The number of aliphatic imine (C=N–C) groups is 1. The molecule has 3 aromatic carbocycles. The van der Waals surface area contributed by atoms with Crippen molar-refractivity contribution in [2.45, 2.75) is 20.0 Å². The van der Waals surface area contributed by atoms with Crippen molar-refractivity contribution >= 4 is 79.8 Å². The molecule has 1 fully saturated rings. The number of ether oxygens (including phenoxy) is 1. The first-order valence-electron chi connectivity index (χ1n) is 10.2. The molecule has 0 radical (unpaired) electrons. The predicted octanol–water partition coefficient (Wildman–Crippen LogP) is 7.07. The Kier molecular flexibility index (Phi) is 8.07. The van der Waals surface area contributed by atoms with E-state index < -0.39 is 0 Å². The average molecular weight is 684 g/mol. The van der Waals surface area contributed by atoms with E-state index in [9.17, 15) is 9.18 Å². The van der Waals surface area contributed by atoms with Crippen molar-refractivity contribution < 1.29 is 13.9 Å². The molecule has 1 amide bonds. The molecule has 1 heterocycles. The van der Waals surface area contributed by atoms with E-state index in [1.165, 1.54) is 23.4 Å². The Morgan fingerprint density at radius 2 is 1.79 bits per heavy atom. The van der Waals surface area contributed by atoms with Crippen molar-refractivity contribution in [3.8, 4) is 5.75 Å². The Hall–Kier alpha value is -1.92. The van der Waals surface area contributed by atoms with Crippen LogP contribution in [0.5, 0.6) is 5.75 Å². The molecule has 1 N–H and O–H groups in total. The lowest BCUT2D eigenvalue weighted by Crippen LogP contribution is -2.19. The Morgan fingerprint density at radius 3 is 2.45 bits per heavy atom. The molecular formula is C25H19FI2N2O2S. The number of hydrogen-bond donors (Lipinski definition) is 1. The Morgan fingerprint density at radius 1 is 1.09 bits per heavy atom. The number of amides is 1. The lowest BCUT2D eigenvalue weighted by molar-refractivity contribution is -0.115. The molecule has 0 atom stereocenters. The zero-order chi connectivity index (χ0) is 23.4. The van der Waals surface area contributed by atoms with Crippen LogP contribution in [0.4, 0.5) is 10.1 Å². The van der Waals surface area contributed by atoms with Crippen LogP contribution < -0.4 is 10.1 Å². The minimum Gasteiger partial charge on any atom is -0.487 e. The topological polar surface area (TPSA) is 50.7 Å². The minimum atomic E-state index is -0.285. The first-order valence-corrected chi connectivity index (χ1v) is 13.1. The number of amidine groups is 1. The van der Waals surface area contributed by atoms with Crippen LogP contribution in [-0.4, -0.2) is 11.1 Å². The monoisotopic (exact) mass is 684 g/mol. The van der Waals surface area contributed by atoms with Gasteiger partial charge in [0, 0.05) is 5.56 Å². The summed E-state index contributed by atoms with van der Waals surface area (Å²) in [5.41, 5.74) is 3.43. The summed E-state index contributed by atoms with van der Waals surface area (Å²) in [6.45, 7) is 2.26. The fourth-order valence-corrected chi connectivity index (χ4v) is 6.09. The number of hydrogen-bond acceptors (Lipinski definition) is 4. The molecule has 4 nitrogen and oxygen atoms in total. The summed E-state index contributed by atoms with van der Waals surface area (Å²) in [7, 11) is 0. The second-order valence-electron chi connectivity index (χ2n) is 7.20. The lowest BCUT2D eigenvalue weighted by Gasteiger charge is -2.12. The quantitative estimate of drug-likeness (QED) is 0.224. The van der Waals surface area contributed by atoms with Crippen LogP contribution in [-0.2, 0) is 17.8 Å². The molecular weight excluding hydrogens is 665 g/mol. The summed E-state index contributed by atoms with van der Waals surface area (Å²) in [5, 5.41) is 3.39. The van der Waals surface area contributed by atoms with Crippen molar-refractivity contribution in [2.24, 2.45) is 4.99 Å². The molecule has 3 aromatic rings. The highest BCUT2D eigenvalue weighted by Crippen LogP contribution is 2.33. The van der Waals surface area contributed by atoms with Gasteiger partial charge in [-0.15, -0.1) is 0 Å². The highest BCUT2D eigenvalue weighted by Gasteiger charge is 2.24. The fourth-order valence-electron chi connectivity index (χ4n) is 3.12. The van der Waals surface area contributed by atoms with E-state index in [0.717, 1.165) is 24.8 Å². The largest absolute Gasteiger partial charge is 0.487 e. The van der Waals surface area contributed by atoms with Crippen LogP contribution in [0.15, 0.2) is 70.6 Å². The van der Waals surface area contributed by atoms with E-state index in [1.807, 2.05) is 42.5 Å². The first kappa shape index (κ1) is 24.2. The van der Waals surface area contributed by atoms with Crippen molar-refractivity contribution in [3.63, 3.8) is 0 Å². The van der Waals surface area contributed by atoms with Crippen molar-refractivity contribution in [1.82, 2.24) is 5.32 Å². The van der Waals surface area contributed by atoms with Gasteiger partial charge in [0.25, 0.3) is 5.91 Å². The molecule has 0 aromatic heterocycles. The van der Waals surface area contributed by atoms with Crippen molar-refractivity contribution in [3.05, 3.63) is 95.2 Å². The van der Waals surface area contributed by atoms with Gasteiger partial charge in [-0.25, -0.2) is 9.38 Å². The molecule has 0 unspecified atom stereocenters. The predicted molar refractivity (Wildman–Crippen MR) is 149 cm³/mol. The molecule has 1 aliphatic heterocycles. The van der Waals surface area contributed by atoms with Gasteiger partial charge in [-0.1, -0.05) is 37.3 Å². The van der Waals surface area contributed by atoms with Gasteiger partial charge >= 0.3 is 0 Å². The molecule has 33 heavy (non-hydrogen) atoms. The maximum atomic E-state index is 13.9. The number of carbonyl (C=O) groups excluding carboxylic acids is 1. The number of nitrogens with one attached hydrogen (secondary N) is 1. The molecule has 0 spiro atoms. The molecule has 168 valence electrons. The summed E-state index contributed by atoms with van der Waals surface area (Å²) in [5.74, 6) is 0.239. The lowest BCUT2D eigenvalue weighted by atomic mass is 10.2. The van der Waals surface area contributed by atoms with Gasteiger partial charge in [0.15, 0.2) is 5.17 Å². The molecule has 0 saturated carbocycles. The summed E-state index contributed by atoms with van der Waals surface area (Å²) in [4.78, 5) is 17.6. The summed E-state index contributed by atoms with van der Waals surface area (Å²) in [6, 6.07) is 18.4. The number of thioether (sulfide) groups is 1. The average Bonchev–Trinajstić information content (AvgIpc) is 3.13. The maximum Gasteiger partial charge on any atom is 0.264 e. The van der Waals surface area contributed by atoms with Gasteiger partial charge < -0.3 is 10.1 Å². The molecule has 1 aliphatic rings. The van der Waals surface area contributed by atoms with E-state index in [2.05, 4.69) is 62.4 Å². The number of halogens is 3. The van der Waals surface area contributed by atoms with Crippen LogP contribution >= 0.6 is 56.9 Å². The normalized spacial score (nSPS) is 15.8. The van der Waals surface area contributed by atoms with Gasteiger partial charge in [-0.2, -0.15) is 0 Å². The molecule has 1 saturated heterocycles. The second-order valence-corrected chi connectivity index (χ2v) is 10.6.